The highest BCUT2D eigenvalue weighted by Crippen LogP contribution is 2.24. The molecule has 18 heavy (non-hydrogen) atoms. The Hall–Kier alpha value is -2.32. The van der Waals surface area contributed by atoms with Crippen LogP contribution < -0.4 is 10.6 Å². The minimum atomic E-state index is 0.197. The van der Waals surface area contributed by atoms with Crippen molar-refractivity contribution in [3.05, 3.63) is 41.7 Å². The second-order valence-electron chi connectivity index (χ2n) is 3.41. The van der Waals surface area contributed by atoms with Crippen LogP contribution in [-0.2, 0) is 0 Å². The average Bonchev–Trinajstić information content (AvgIpc) is 2.40. The second kappa shape index (κ2) is 5.84. The van der Waals surface area contributed by atoms with Crippen molar-refractivity contribution in [3.63, 3.8) is 0 Å². The number of para-hydroxylation sites is 1. The van der Waals surface area contributed by atoms with Gasteiger partial charge in [0, 0.05) is 6.07 Å². The highest BCUT2D eigenvalue weighted by molar-refractivity contribution is 6.33. The molecule has 0 aliphatic carbocycles. The number of aromatic nitrogens is 2. The van der Waals surface area contributed by atoms with Crippen LogP contribution in [-0.4, -0.2) is 16.5 Å². The summed E-state index contributed by atoms with van der Waals surface area (Å²) in [6.07, 6.45) is 1.42. The van der Waals surface area contributed by atoms with Gasteiger partial charge in [-0.3, -0.25) is 0 Å². The van der Waals surface area contributed by atoms with Gasteiger partial charge in [-0.2, -0.15) is 5.26 Å². The van der Waals surface area contributed by atoms with Gasteiger partial charge in [0.1, 0.15) is 24.5 Å². The van der Waals surface area contributed by atoms with Crippen molar-refractivity contribution in [2.24, 2.45) is 0 Å². The Balaban J connectivity index is 2.15. The number of hydrogen-bond donors (Lipinski definition) is 2. The van der Waals surface area contributed by atoms with Gasteiger partial charge in [0.15, 0.2) is 0 Å². The van der Waals surface area contributed by atoms with E-state index in [0.29, 0.717) is 16.7 Å². The summed E-state index contributed by atoms with van der Waals surface area (Å²) in [6.45, 7) is 0.197. The van der Waals surface area contributed by atoms with Crippen LogP contribution in [0.2, 0.25) is 5.02 Å². The number of benzene rings is 1. The van der Waals surface area contributed by atoms with Crippen LogP contribution in [0.25, 0.3) is 0 Å². The third-order valence-corrected chi connectivity index (χ3v) is 2.48. The number of nitrogens with one attached hydrogen (secondary N) is 2. The van der Waals surface area contributed by atoms with E-state index in [1.807, 2.05) is 24.3 Å². The number of halogens is 1. The number of nitriles is 1. The maximum Gasteiger partial charge on any atom is 0.135 e. The van der Waals surface area contributed by atoms with Crippen molar-refractivity contribution in [2.75, 3.05) is 17.2 Å². The molecule has 0 amide bonds. The summed E-state index contributed by atoms with van der Waals surface area (Å²) in [5.41, 5.74) is 0.768. The van der Waals surface area contributed by atoms with Crippen molar-refractivity contribution in [2.45, 2.75) is 0 Å². The van der Waals surface area contributed by atoms with Crippen LogP contribution in [0.1, 0.15) is 0 Å². The third-order valence-electron chi connectivity index (χ3n) is 2.15. The molecule has 1 aromatic heterocycles. The molecular weight excluding hydrogens is 250 g/mol. The van der Waals surface area contributed by atoms with E-state index >= 15 is 0 Å². The molecule has 0 saturated carbocycles. The van der Waals surface area contributed by atoms with Crippen molar-refractivity contribution < 1.29 is 0 Å². The monoisotopic (exact) mass is 259 g/mol. The Morgan fingerprint density at radius 3 is 2.78 bits per heavy atom. The molecule has 0 aliphatic heterocycles. The summed E-state index contributed by atoms with van der Waals surface area (Å²) in [6, 6.07) is 11.1. The summed E-state index contributed by atoms with van der Waals surface area (Å²) in [7, 11) is 0. The molecule has 0 bridgehead atoms. The molecule has 5 nitrogen and oxygen atoms in total. The minimum absolute atomic E-state index is 0.197. The molecule has 0 radical (unpaired) electrons. The molecule has 0 spiro atoms. The molecule has 1 heterocycles. The Morgan fingerprint density at radius 1 is 1.22 bits per heavy atom. The first kappa shape index (κ1) is 12.1. The molecule has 2 aromatic rings. The second-order valence-corrected chi connectivity index (χ2v) is 3.81. The highest BCUT2D eigenvalue weighted by Gasteiger charge is 2.01. The maximum absolute atomic E-state index is 8.48. The fourth-order valence-corrected chi connectivity index (χ4v) is 1.54. The molecular formula is C12H10ClN5. The molecule has 0 unspecified atom stereocenters. The molecule has 2 rings (SSSR count). The summed E-state index contributed by atoms with van der Waals surface area (Å²) < 4.78 is 0. The molecule has 1 aromatic carbocycles. The van der Waals surface area contributed by atoms with Gasteiger partial charge in [0.05, 0.1) is 16.8 Å². The largest absolute Gasteiger partial charge is 0.357 e. The van der Waals surface area contributed by atoms with Gasteiger partial charge < -0.3 is 10.6 Å². The zero-order valence-corrected chi connectivity index (χ0v) is 10.1. The summed E-state index contributed by atoms with van der Waals surface area (Å²) in [5, 5.41) is 15.0. The van der Waals surface area contributed by atoms with E-state index in [2.05, 4.69) is 20.6 Å². The zero-order valence-electron chi connectivity index (χ0n) is 9.39. The van der Waals surface area contributed by atoms with Gasteiger partial charge in [0.2, 0.25) is 0 Å². The van der Waals surface area contributed by atoms with Crippen molar-refractivity contribution in [3.8, 4) is 6.07 Å². The Bertz CT molecular complexity index is 579. The molecule has 0 atom stereocenters. The van der Waals surface area contributed by atoms with Crippen LogP contribution in [0.3, 0.4) is 0 Å². The van der Waals surface area contributed by atoms with Crippen LogP contribution in [0.4, 0.5) is 17.3 Å². The Morgan fingerprint density at radius 2 is 2.00 bits per heavy atom. The standard InChI is InChI=1S/C12H10ClN5/c13-9-3-1-2-4-10(9)18-12-7-11(15-6-5-14)16-8-17-12/h1-4,7-8H,6H2,(H2,15,16,17,18). The first-order chi connectivity index (χ1) is 8.79. The molecule has 2 N–H and O–H groups in total. The quantitative estimate of drug-likeness (QED) is 0.826. The number of nitrogens with zero attached hydrogens (tertiary/aromatic N) is 3. The minimum Gasteiger partial charge on any atom is -0.357 e. The van der Waals surface area contributed by atoms with Gasteiger partial charge in [-0.25, -0.2) is 9.97 Å². The predicted molar refractivity (Wildman–Crippen MR) is 70.9 cm³/mol. The van der Waals surface area contributed by atoms with E-state index in [-0.39, 0.29) is 6.54 Å². The van der Waals surface area contributed by atoms with E-state index in [4.69, 9.17) is 16.9 Å². The van der Waals surface area contributed by atoms with Crippen molar-refractivity contribution in [1.82, 2.24) is 9.97 Å². The van der Waals surface area contributed by atoms with E-state index in [1.54, 1.807) is 12.1 Å². The van der Waals surface area contributed by atoms with Crippen molar-refractivity contribution in [1.29, 1.82) is 5.26 Å². The number of rotatable bonds is 4. The lowest BCUT2D eigenvalue weighted by atomic mass is 10.3. The van der Waals surface area contributed by atoms with Crippen LogP contribution in [0, 0.1) is 11.3 Å². The lowest BCUT2D eigenvalue weighted by molar-refractivity contribution is 1.14. The molecule has 0 saturated heterocycles. The first-order valence-electron chi connectivity index (χ1n) is 5.24. The van der Waals surface area contributed by atoms with Gasteiger partial charge in [0.25, 0.3) is 0 Å². The Kier molecular flexibility index (Phi) is 3.94. The van der Waals surface area contributed by atoms with E-state index in [1.165, 1.54) is 6.33 Å². The third kappa shape index (κ3) is 3.09. The SMILES string of the molecule is N#CCNc1cc(Nc2ccccc2Cl)ncn1. The van der Waals surface area contributed by atoms with Crippen LogP contribution in [0.5, 0.6) is 0 Å². The normalized spacial score (nSPS) is 9.56. The van der Waals surface area contributed by atoms with Gasteiger partial charge in [-0.1, -0.05) is 23.7 Å². The summed E-state index contributed by atoms with van der Waals surface area (Å²) in [4.78, 5) is 8.07. The fourth-order valence-electron chi connectivity index (χ4n) is 1.35. The summed E-state index contributed by atoms with van der Waals surface area (Å²) in [5.74, 6) is 1.19. The topological polar surface area (TPSA) is 73.6 Å². The molecule has 0 aliphatic rings. The summed E-state index contributed by atoms with van der Waals surface area (Å²) >= 11 is 6.03. The van der Waals surface area contributed by atoms with Crippen molar-refractivity contribution >= 4 is 28.9 Å². The fraction of sp³-hybridized carbons (Fsp3) is 0.0833. The first-order valence-corrected chi connectivity index (χ1v) is 5.62. The maximum atomic E-state index is 8.48. The molecule has 90 valence electrons. The number of anilines is 3. The van der Waals surface area contributed by atoms with E-state index < -0.39 is 0 Å². The Labute approximate surface area is 109 Å². The van der Waals surface area contributed by atoms with E-state index in [9.17, 15) is 0 Å². The lowest BCUT2D eigenvalue weighted by Crippen LogP contribution is -2.02. The van der Waals surface area contributed by atoms with Crippen LogP contribution in [0.15, 0.2) is 36.7 Å². The van der Waals surface area contributed by atoms with Crippen LogP contribution >= 0.6 is 11.6 Å². The average molecular weight is 260 g/mol. The molecule has 6 heteroatoms. The predicted octanol–water partition coefficient (Wildman–Crippen LogP) is 2.81. The molecule has 0 fully saturated rings. The lowest BCUT2D eigenvalue weighted by Gasteiger charge is -2.08. The highest BCUT2D eigenvalue weighted by atomic mass is 35.5. The van der Waals surface area contributed by atoms with Gasteiger partial charge >= 0.3 is 0 Å². The van der Waals surface area contributed by atoms with E-state index in [0.717, 1.165) is 5.69 Å². The number of hydrogen-bond acceptors (Lipinski definition) is 5. The zero-order chi connectivity index (χ0) is 12.8. The van der Waals surface area contributed by atoms with Gasteiger partial charge in [-0.05, 0) is 12.1 Å². The smallest absolute Gasteiger partial charge is 0.135 e. The van der Waals surface area contributed by atoms with Gasteiger partial charge in [-0.15, -0.1) is 0 Å².